The molecule has 0 aliphatic carbocycles. The first-order valence-corrected chi connectivity index (χ1v) is 8.18. The standard InChI is InChI=1S/C17H16Cl3NO3/c1-11-5-3-4-6-14(11)15(22)21-16(17(18,19)20)24-13-9-7-12(23-2)8-10-13/h3-10,16H,1-2H3,(H,21,22)/t16-/m0/s1. The van der Waals surface area contributed by atoms with E-state index in [0.717, 1.165) is 5.56 Å². The number of benzene rings is 2. The van der Waals surface area contributed by atoms with Crippen molar-refractivity contribution in [2.75, 3.05) is 7.11 Å². The minimum Gasteiger partial charge on any atom is -0.497 e. The lowest BCUT2D eigenvalue weighted by Crippen LogP contribution is -2.48. The van der Waals surface area contributed by atoms with Crippen molar-refractivity contribution in [2.24, 2.45) is 0 Å². The highest BCUT2D eigenvalue weighted by Crippen LogP contribution is 2.32. The lowest BCUT2D eigenvalue weighted by atomic mass is 10.1. The van der Waals surface area contributed by atoms with Crippen LogP contribution in [0.5, 0.6) is 11.5 Å². The van der Waals surface area contributed by atoms with Crippen molar-refractivity contribution < 1.29 is 14.3 Å². The van der Waals surface area contributed by atoms with E-state index in [1.807, 2.05) is 19.1 Å². The van der Waals surface area contributed by atoms with Gasteiger partial charge in [-0.25, -0.2) is 0 Å². The van der Waals surface area contributed by atoms with E-state index in [-0.39, 0.29) is 0 Å². The lowest BCUT2D eigenvalue weighted by Gasteiger charge is -2.26. The molecule has 0 radical (unpaired) electrons. The third-order valence-corrected chi connectivity index (χ3v) is 3.86. The van der Waals surface area contributed by atoms with Gasteiger partial charge in [0.1, 0.15) is 11.5 Å². The predicted octanol–water partition coefficient (Wildman–Crippen LogP) is 4.51. The van der Waals surface area contributed by atoms with Crippen LogP contribution in [0, 0.1) is 6.92 Å². The molecule has 1 amide bonds. The van der Waals surface area contributed by atoms with Gasteiger partial charge in [0, 0.05) is 5.56 Å². The maximum absolute atomic E-state index is 12.4. The Hall–Kier alpha value is -1.62. The Morgan fingerprint density at radius 2 is 1.62 bits per heavy atom. The topological polar surface area (TPSA) is 47.6 Å². The fourth-order valence-electron chi connectivity index (χ4n) is 1.99. The first-order chi connectivity index (χ1) is 11.3. The van der Waals surface area contributed by atoms with Crippen LogP contribution in [-0.2, 0) is 0 Å². The van der Waals surface area contributed by atoms with E-state index in [0.29, 0.717) is 17.1 Å². The van der Waals surface area contributed by atoms with E-state index in [1.54, 1.807) is 43.5 Å². The number of hydrogen-bond donors (Lipinski definition) is 1. The van der Waals surface area contributed by atoms with E-state index in [9.17, 15) is 4.79 Å². The average Bonchev–Trinajstić information content (AvgIpc) is 2.54. The Bertz CT molecular complexity index is 699. The van der Waals surface area contributed by atoms with E-state index in [1.165, 1.54) is 0 Å². The minimum absolute atomic E-state index is 0.391. The van der Waals surface area contributed by atoms with Crippen molar-refractivity contribution in [1.82, 2.24) is 5.32 Å². The number of aryl methyl sites for hydroxylation is 1. The molecule has 0 saturated carbocycles. The van der Waals surface area contributed by atoms with Crippen molar-refractivity contribution in [3.05, 3.63) is 59.7 Å². The highest BCUT2D eigenvalue weighted by Gasteiger charge is 2.36. The number of nitrogens with one attached hydrogen (secondary N) is 1. The molecule has 24 heavy (non-hydrogen) atoms. The molecule has 0 aromatic heterocycles. The molecule has 0 spiro atoms. The maximum Gasteiger partial charge on any atom is 0.254 e. The molecular formula is C17H16Cl3NO3. The molecule has 2 aromatic rings. The average molecular weight is 389 g/mol. The Morgan fingerprint density at radius 1 is 1.04 bits per heavy atom. The normalized spacial score (nSPS) is 12.4. The zero-order valence-corrected chi connectivity index (χ0v) is 15.3. The molecule has 1 atom stereocenters. The third-order valence-electron chi connectivity index (χ3n) is 3.26. The summed E-state index contributed by atoms with van der Waals surface area (Å²) < 4.78 is 8.85. The van der Waals surface area contributed by atoms with Crippen LogP contribution < -0.4 is 14.8 Å². The minimum atomic E-state index is -1.85. The quantitative estimate of drug-likeness (QED) is 0.605. The molecule has 0 unspecified atom stereocenters. The molecule has 0 heterocycles. The van der Waals surface area contributed by atoms with Gasteiger partial charge in [0.25, 0.3) is 5.91 Å². The summed E-state index contributed by atoms with van der Waals surface area (Å²) in [7, 11) is 1.56. The van der Waals surface area contributed by atoms with E-state index >= 15 is 0 Å². The SMILES string of the molecule is COc1ccc(O[C@H](NC(=O)c2ccccc2C)C(Cl)(Cl)Cl)cc1. The van der Waals surface area contributed by atoms with Gasteiger partial charge < -0.3 is 14.8 Å². The van der Waals surface area contributed by atoms with Crippen LogP contribution in [0.1, 0.15) is 15.9 Å². The summed E-state index contributed by atoms with van der Waals surface area (Å²) in [4.78, 5) is 12.4. The predicted molar refractivity (Wildman–Crippen MR) is 96.3 cm³/mol. The van der Waals surface area contributed by atoms with Crippen LogP contribution in [0.4, 0.5) is 0 Å². The Balaban J connectivity index is 2.16. The zero-order chi connectivity index (χ0) is 17.7. The molecule has 1 N–H and O–H groups in total. The second-order valence-electron chi connectivity index (χ2n) is 5.00. The summed E-state index contributed by atoms with van der Waals surface area (Å²) in [5.41, 5.74) is 1.29. The fourth-order valence-corrected chi connectivity index (χ4v) is 2.29. The van der Waals surface area contributed by atoms with E-state index < -0.39 is 15.9 Å². The van der Waals surface area contributed by atoms with E-state index in [4.69, 9.17) is 44.3 Å². The van der Waals surface area contributed by atoms with Gasteiger partial charge in [-0.15, -0.1) is 0 Å². The molecule has 2 aromatic carbocycles. The monoisotopic (exact) mass is 387 g/mol. The van der Waals surface area contributed by atoms with Gasteiger partial charge in [-0.2, -0.15) is 0 Å². The number of rotatable bonds is 5. The lowest BCUT2D eigenvalue weighted by molar-refractivity contribution is 0.0832. The molecule has 0 aliphatic heterocycles. The molecule has 4 nitrogen and oxygen atoms in total. The van der Waals surface area contributed by atoms with Crippen molar-refractivity contribution >= 4 is 40.7 Å². The second-order valence-corrected chi connectivity index (χ2v) is 7.37. The molecule has 0 saturated heterocycles. The van der Waals surface area contributed by atoms with Crippen molar-refractivity contribution in [1.29, 1.82) is 0 Å². The third kappa shape index (κ3) is 4.94. The summed E-state index contributed by atoms with van der Waals surface area (Å²) in [5, 5.41) is 2.60. The summed E-state index contributed by atoms with van der Waals surface area (Å²) in [6, 6.07) is 13.8. The molecule has 7 heteroatoms. The van der Waals surface area contributed by atoms with Crippen LogP contribution in [0.3, 0.4) is 0 Å². The molecule has 2 rings (SSSR count). The number of alkyl halides is 3. The van der Waals surface area contributed by atoms with Gasteiger partial charge >= 0.3 is 0 Å². The van der Waals surface area contributed by atoms with Gasteiger partial charge in [-0.05, 0) is 42.8 Å². The smallest absolute Gasteiger partial charge is 0.254 e. The molecular weight excluding hydrogens is 373 g/mol. The number of methoxy groups -OCH3 is 1. The largest absolute Gasteiger partial charge is 0.497 e. The Morgan fingerprint density at radius 3 is 2.17 bits per heavy atom. The Labute approximate surface area is 155 Å². The van der Waals surface area contributed by atoms with Gasteiger partial charge in [0.15, 0.2) is 0 Å². The molecule has 0 bridgehead atoms. The van der Waals surface area contributed by atoms with Crippen molar-refractivity contribution in [3.63, 3.8) is 0 Å². The van der Waals surface area contributed by atoms with Crippen LogP contribution >= 0.6 is 34.8 Å². The number of hydrogen-bond acceptors (Lipinski definition) is 3. The number of carbonyl (C=O) groups is 1. The zero-order valence-electron chi connectivity index (χ0n) is 13.1. The van der Waals surface area contributed by atoms with Crippen molar-refractivity contribution in [2.45, 2.75) is 16.9 Å². The number of ether oxygens (including phenoxy) is 2. The van der Waals surface area contributed by atoms with Gasteiger partial charge in [-0.1, -0.05) is 53.0 Å². The number of carbonyl (C=O) groups excluding carboxylic acids is 1. The Kier molecular flexibility index (Phi) is 6.21. The summed E-state index contributed by atoms with van der Waals surface area (Å²) in [6.45, 7) is 1.82. The van der Waals surface area contributed by atoms with Gasteiger partial charge in [0.2, 0.25) is 10.0 Å². The van der Waals surface area contributed by atoms with Gasteiger partial charge in [0.05, 0.1) is 7.11 Å². The first kappa shape index (κ1) is 18.7. The summed E-state index contributed by atoms with van der Waals surface area (Å²) in [5.74, 6) is 0.701. The number of amides is 1. The van der Waals surface area contributed by atoms with Crippen molar-refractivity contribution in [3.8, 4) is 11.5 Å². The van der Waals surface area contributed by atoms with Crippen LogP contribution in [-0.4, -0.2) is 23.0 Å². The summed E-state index contributed by atoms with van der Waals surface area (Å²) in [6.07, 6.45) is -1.16. The van der Waals surface area contributed by atoms with Gasteiger partial charge in [-0.3, -0.25) is 4.79 Å². The highest BCUT2D eigenvalue weighted by atomic mass is 35.6. The maximum atomic E-state index is 12.4. The van der Waals surface area contributed by atoms with E-state index in [2.05, 4.69) is 5.32 Å². The molecule has 0 aliphatic rings. The van der Waals surface area contributed by atoms with Crippen LogP contribution in [0.15, 0.2) is 48.5 Å². The number of halogens is 3. The van der Waals surface area contributed by atoms with Crippen LogP contribution in [0.25, 0.3) is 0 Å². The molecule has 0 fully saturated rings. The van der Waals surface area contributed by atoms with Crippen LogP contribution in [0.2, 0.25) is 0 Å². The highest BCUT2D eigenvalue weighted by molar-refractivity contribution is 6.68. The second kappa shape index (κ2) is 7.97. The first-order valence-electron chi connectivity index (χ1n) is 7.05. The summed E-state index contributed by atoms with van der Waals surface area (Å²) >= 11 is 17.8. The molecule has 128 valence electrons. The fraction of sp³-hybridized carbons (Fsp3) is 0.235.